The molecule has 8 rings (SSSR count). The third-order valence-electron chi connectivity index (χ3n) is 9.60. The number of aromatic nitrogens is 1. The second kappa shape index (κ2) is 9.49. The van der Waals surface area contributed by atoms with Crippen molar-refractivity contribution in [3.8, 4) is 5.69 Å². The number of allylic oxidation sites excluding steroid dienone is 5. The molecule has 0 unspecified atom stereocenters. The van der Waals surface area contributed by atoms with Crippen molar-refractivity contribution in [2.75, 3.05) is 4.90 Å². The van der Waals surface area contributed by atoms with Crippen molar-refractivity contribution in [1.29, 1.82) is 0 Å². The summed E-state index contributed by atoms with van der Waals surface area (Å²) in [5.74, 6) is 0. The van der Waals surface area contributed by atoms with Gasteiger partial charge < -0.3 is 9.47 Å². The molecule has 1 aromatic heterocycles. The number of benzene rings is 4. The van der Waals surface area contributed by atoms with Crippen LogP contribution in [0.15, 0.2) is 115 Å². The van der Waals surface area contributed by atoms with E-state index in [4.69, 9.17) is 0 Å². The zero-order valence-corrected chi connectivity index (χ0v) is 24.7. The maximum absolute atomic E-state index is 2.58. The van der Waals surface area contributed by atoms with Gasteiger partial charge in [0.05, 0.1) is 11.2 Å². The van der Waals surface area contributed by atoms with Gasteiger partial charge in [0.1, 0.15) is 0 Å². The van der Waals surface area contributed by atoms with Crippen LogP contribution >= 0.6 is 0 Å². The minimum absolute atomic E-state index is 0.0473. The molecule has 4 aromatic carbocycles. The first-order valence-electron chi connectivity index (χ1n) is 15.3. The molecule has 0 fully saturated rings. The van der Waals surface area contributed by atoms with Gasteiger partial charge in [0.2, 0.25) is 0 Å². The highest BCUT2D eigenvalue weighted by Gasteiger charge is 2.36. The molecule has 206 valence electrons. The summed E-state index contributed by atoms with van der Waals surface area (Å²) >= 11 is 0. The van der Waals surface area contributed by atoms with Crippen molar-refractivity contribution in [3.63, 3.8) is 0 Å². The molecule has 0 spiro atoms. The molecular weight excluding hydrogens is 508 g/mol. The van der Waals surface area contributed by atoms with Crippen molar-refractivity contribution in [1.82, 2.24) is 4.57 Å². The average molecular weight is 545 g/mol. The number of hydrogen-bond acceptors (Lipinski definition) is 1. The number of hydrogen-bond donors (Lipinski definition) is 0. The van der Waals surface area contributed by atoms with Crippen molar-refractivity contribution < 1.29 is 0 Å². The lowest BCUT2D eigenvalue weighted by atomic mass is 9.75. The summed E-state index contributed by atoms with van der Waals surface area (Å²) in [6.45, 7) is 6.95. The Morgan fingerprint density at radius 1 is 0.786 bits per heavy atom. The molecule has 0 saturated heterocycles. The lowest BCUT2D eigenvalue weighted by Crippen LogP contribution is -2.27. The van der Waals surface area contributed by atoms with Gasteiger partial charge in [0.25, 0.3) is 0 Å². The van der Waals surface area contributed by atoms with Crippen LogP contribution in [0.5, 0.6) is 0 Å². The van der Waals surface area contributed by atoms with Crippen LogP contribution in [0.2, 0.25) is 0 Å². The summed E-state index contributed by atoms with van der Waals surface area (Å²) in [7, 11) is 0. The normalized spacial score (nSPS) is 16.5. The largest absolute Gasteiger partial charge is 0.314 e. The first kappa shape index (κ1) is 25.2. The van der Waals surface area contributed by atoms with Crippen LogP contribution in [-0.4, -0.2) is 4.57 Å². The van der Waals surface area contributed by atoms with Crippen LogP contribution in [0.1, 0.15) is 66.6 Å². The smallest absolute Gasteiger partial charge is 0.0578 e. The zero-order chi connectivity index (χ0) is 28.4. The molecule has 0 bridgehead atoms. The number of anilines is 2. The average Bonchev–Trinajstić information content (AvgIpc) is 3.35. The van der Waals surface area contributed by atoms with Crippen molar-refractivity contribution in [2.45, 2.75) is 51.9 Å². The van der Waals surface area contributed by atoms with Gasteiger partial charge in [-0.3, -0.25) is 0 Å². The Kier molecular flexibility index (Phi) is 5.69. The molecule has 2 nitrogen and oxygen atoms in total. The lowest BCUT2D eigenvalue weighted by Gasteiger charge is -2.35. The highest BCUT2D eigenvalue weighted by atomic mass is 15.2. The van der Waals surface area contributed by atoms with Gasteiger partial charge in [-0.1, -0.05) is 98.8 Å². The Labute approximate surface area is 248 Å². The van der Waals surface area contributed by atoms with E-state index < -0.39 is 0 Å². The summed E-state index contributed by atoms with van der Waals surface area (Å²) in [5, 5.41) is 1.36. The highest BCUT2D eigenvalue weighted by Crippen LogP contribution is 2.49. The zero-order valence-electron chi connectivity index (χ0n) is 24.7. The first-order valence-corrected chi connectivity index (χ1v) is 15.3. The molecule has 2 aliphatic carbocycles. The summed E-state index contributed by atoms with van der Waals surface area (Å²) in [4.78, 5) is 2.54. The fourth-order valence-electron chi connectivity index (χ4n) is 7.59. The minimum Gasteiger partial charge on any atom is -0.314 e. The Morgan fingerprint density at radius 2 is 1.60 bits per heavy atom. The number of para-hydroxylation sites is 3. The Bertz CT molecular complexity index is 1980. The van der Waals surface area contributed by atoms with Gasteiger partial charge in [-0.2, -0.15) is 0 Å². The summed E-state index contributed by atoms with van der Waals surface area (Å²) in [6, 6.07) is 33.9. The molecule has 3 aliphatic rings. The summed E-state index contributed by atoms with van der Waals surface area (Å²) in [5.41, 5.74) is 16.1. The number of rotatable bonds is 4. The quantitative estimate of drug-likeness (QED) is 0.218. The van der Waals surface area contributed by atoms with Gasteiger partial charge in [-0.25, -0.2) is 0 Å². The Morgan fingerprint density at radius 3 is 2.45 bits per heavy atom. The summed E-state index contributed by atoms with van der Waals surface area (Å²) in [6.07, 6.45) is 13.4. The van der Waals surface area contributed by atoms with Crippen molar-refractivity contribution >= 4 is 33.9 Å². The van der Waals surface area contributed by atoms with Gasteiger partial charge in [-0.15, -0.1) is 0 Å². The Hall–Kier alpha value is -4.56. The molecular formula is C40H36N2. The Balaban J connectivity index is 1.38. The van der Waals surface area contributed by atoms with E-state index in [-0.39, 0.29) is 5.41 Å². The van der Waals surface area contributed by atoms with Crippen LogP contribution in [0.4, 0.5) is 11.4 Å². The first-order chi connectivity index (χ1) is 20.5. The summed E-state index contributed by atoms with van der Waals surface area (Å²) < 4.78 is 2.58. The molecule has 0 saturated carbocycles. The standard InChI is InChI=1S/C40H36N2/c1-27-13-11-16-29(25-27)41(36-21-9-7-17-31(36)28-14-5-4-6-15-28)30-23-24-37-33(26-30)32-18-12-20-35-39(32)42(37)38-22-10-8-19-34(38)40(35,2)3/h4-5,7-14,16-22,25-26H,6,15,23-24H2,1-3H3. The topological polar surface area (TPSA) is 8.17 Å². The van der Waals surface area contributed by atoms with E-state index >= 15 is 0 Å². The molecule has 5 aromatic rings. The lowest BCUT2D eigenvalue weighted by molar-refractivity contribution is 0.625. The molecule has 0 atom stereocenters. The van der Waals surface area contributed by atoms with Crippen LogP contribution in [0.25, 0.3) is 28.2 Å². The number of fused-ring (bicyclic) bond motifs is 5. The second-order valence-electron chi connectivity index (χ2n) is 12.5. The van der Waals surface area contributed by atoms with E-state index in [1.165, 1.54) is 72.7 Å². The van der Waals surface area contributed by atoms with Crippen LogP contribution in [0, 0.1) is 6.92 Å². The van der Waals surface area contributed by atoms with E-state index in [0.717, 1.165) is 25.7 Å². The van der Waals surface area contributed by atoms with E-state index in [1.54, 1.807) is 0 Å². The van der Waals surface area contributed by atoms with E-state index in [1.807, 2.05) is 0 Å². The van der Waals surface area contributed by atoms with E-state index in [0.29, 0.717) is 0 Å². The molecule has 42 heavy (non-hydrogen) atoms. The van der Waals surface area contributed by atoms with Crippen LogP contribution in [0.3, 0.4) is 0 Å². The maximum atomic E-state index is 2.58. The molecule has 0 amide bonds. The maximum Gasteiger partial charge on any atom is 0.0578 e. The fraction of sp³-hybridized carbons (Fsp3) is 0.200. The van der Waals surface area contributed by atoms with Crippen molar-refractivity contribution in [2.24, 2.45) is 0 Å². The number of aryl methyl sites for hydroxylation is 1. The molecule has 2 heteroatoms. The number of nitrogens with zero attached hydrogens (tertiary/aromatic N) is 2. The molecule has 0 N–H and O–H groups in total. The molecule has 0 radical (unpaired) electrons. The second-order valence-corrected chi connectivity index (χ2v) is 12.5. The monoisotopic (exact) mass is 544 g/mol. The van der Waals surface area contributed by atoms with Crippen LogP contribution < -0.4 is 4.90 Å². The molecule has 2 heterocycles. The molecule has 1 aliphatic heterocycles. The van der Waals surface area contributed by atoms with Gasteiger partial charge in [0, 0.05) is 44.7 Å². The predicted octanol–water partition coefficient (Wildman–Crippen LogP) is 10.4. The SMILES string of the molecule is Cc1cccc(N(C2=Cc3c(n4c5c(cccc35)C(C)(C)c3ccccc3-4)CC2)c2ccccc2C2=CC=CCC2)c1. The van der Waals surface area contributed by atoms with Gasteiger partial charge in [-0.05, 0) is 85.2 Å². The predicted molar refractivity (Wildman–Crippen MR) is 178 cm³/mol. The fourth-order valence-corrected chi connectivity index (χ4v) is 7.59. The minimum atomic E-state index is -0.0473. The third-order valence-corrected chi connectivity index (χ3v) is 9.60. The van der Waals surface area contributed by atoms with Gasteiger partial charge in [0.15, 0.2) is 0 Å². The van der Waals surface area contributed by atoms with E-state index in [9.17, 15) is 0 Å². The van der Waals surface area contributed by atoms with Gasteiger partial charge >= 0.3 is 0 Å². The van der Waals surface area contributed by atoms with Crippen molar-refractivity contribution in [3.05, 3.63) is 148 Å². The van der Waals surface area contributed by atoms with E-state index in [2.05, 4.69) is 146 Å². The highest BCUT2D eigenvalue weighted by molar-refractivity contribution is 5.99. The van der Waals surface area contributed by atoms with Crippen LogP contribution in [-0.2, 0) is 11.8 Å². The third kappa shape index (κ3) is 3.71.